The fourth-order valence-corrected chi connectivity index (χ4v) is 11.0. The molecule has 0 saturated carbocycles. The molecule has 0 bridgehead atoms. The number of rotatable bonds is 7. The average Bonchev–Trinajstić information content (AvgIpc) is 3.90. The van der Waals surface area contributed by atoms with Gasteiger partial charge < -0.3 is 9.13 Å². The molecule has 4 heteroatoms. The van der Waals surface area contributed by atoms with Crippen LogP contribution in [0, 0.1) is 0 Å². The van der Waals surface area contributed by atoms with Crippen LogP contribution in [0.5, 0.6) is 0 Å². The van der Waals surface area contributed by atoms with E-state index in [-0.39, 0.29) is 16.7 Å². The molecule has 2 aliphatic rings. The Morgan fingerprint density at radius 1 is 0.486 bits per heavy atom. The Balaban J connectivity index is 1.20. The van der Waals surface area contributed by atoms with Gasteiger partial charge in [-0.2, -0.15) is 0 Å². The second-order valence-electron chi connectivity index (χ2n) is 21.2. The summed E-state index contributed by atoms with van der Waals surface area (Å²) in [5.74, 6) is 0.839. The van der Waals surface area contributed by atoms with Crippen LogP contribution in [-0.4, -0.2) is 19.1 Å². The first-order valence-corrected chi connectivity index (χ1v) is 25.0. The number of hydrogen-bond acceptors (Lipinski definition) is 2. The molecule has 342 valence electrons. The Morgan fingerprint density at radius 2 is 1.06 bits per heavy atom. The summed E-state index contributed by atoms with van der Waals surface area (Å²) in [5.41, 5.74) is 18.0. The molecule has 0 N–H and O–H groups in total. The summed E-state index contributed by atoms with van der Waals surface area (Å²) in [4.78, 5) is 11.4. The van der Waals surface area contributed by atoms with Crippen LogP contribution in [0.3, 0.4) is 0 Å². The lowest BCUT2D eigenvalue weighted by atomic mass is 9.86. The minimum atomic E-state index is 0.000896. The molecule has 3 aromatic heterocycles. The average molecular weight is 907 g/mol. The fraction of sp³-hybridized carbons (Fsp3) is 0.182. The summed E-state index contributed by atoms with van der Waals surface area (Å²) in [6.45, 7) is 13.8. The normalized spacial score (nSPS) is 15.2. The first kappa shape index (κ1) is 43.5. The van der Waals surface area contributed by atoms with Gasteiger partial charge in [-0.3, -0.25) is 0 Å². The molecule has 1 atom stereocenters. The highest BCUT2D eigenvalue weighted by molar-refractivity contribution is 6.11. The predicted molar refractivity (Wildman–Crippen MR) is 296 cm³/mol. The highest BCUT2D eigenvalue weighted by atomic mass is 15.0. The molecule has 4 nitrogen and oxygen atoms in total. The fourth-order valence-electron chi connectivity index (χ4n) is 11.0. The number of fused-ring (bicyclic) bond motifs is 6. The van der Waals surface area contributed by atoms with Gasteiger partial charge in [-0.1, -0.05) is 187 Å². The van der Waals surface area contributed by atoms with Crippen molar-refractivity contribution in [1.29, 1.82) is 0 Å². The van der Waals surface area contributed by atoms with E-state index in [4.69, 9.17) is 9.97 Å². The van der Waals surface area contributed by atoms with Crippen molar-refractivity contribution >= 4 is 49.2 Å². The molecule has 1 unspecified atom stereocenters. The van der Waals surface area contributed by atoms with E-state index in [1.54, 1.807) is 0 Å². The Hall–Kier alpha value is -7.82. The maximum absolute atomic E-state index is 5.70. The molecule has 0 fully saturated rings. The van der Waals surface area contributed by atoms with Crippen LogP contribution in [0.2, 0.25) is 0 Å². The highest BCUT2D eigenvalue weighted by Gasteiger charge is 2.28. The van der Waals surface area contributed by atoms with Crippen molar-refractivity contribution in [1.82, 2.24) is 19.1 Å². The Morgan fingerprint density at radius 3 is 1.64 bits per heavy atom. The summed E-state index contributed by atoms with van der Waals surface area (Å²) in [6.07, 6.45) is 18.9. The molecule has 0 saturated heterocycles. The standard InChI is InChI=1S/C66H58N4/c1-65(2,3)46-36-38-58-52(40-46)50-28-16-18-32-56(50)69(58)60-34-20-30-48(43-22-10-7-11-23-43)62(60)54-42-55(68-64(67-54)45-26-14-9-15-27-45)63-49(44-24-12-8-13-25-44)31-21-35-61(63)70-57-33-19-17-29-51(57)53-41-47(66(4,5)6)37-39-59(53)70/h7,9-12,14-22,24-43H,8,13,23H2,1-6H3. The zero-order chi connectivity index (χ0) is 47.7. The second-order valence-corrected chi connectivity index (χ2v) is 21.2. The van der Waals surface area contributed by atoms with E-state index in [1.807, 2.05) is 0 Å². The summed E-state index contributed by atoms with van der Waals surface area (Å²) in [5, 5.41) is 4.97. The molecular weight excluding hydrogens is 849 g/mol. The van der Waals surface area contributed by atoms with Crippen LogP contribution in [-0.2, 0) is 10.8 Å². The van der Waals surface area contributed by atoms with E-state index in [0.717, 1.165) is 64.3 Å². The monoisotopic (exact) mass is 906 g/mol. The number of hydrogen-bond donors (Lipinski definition) is 0. The number of aromatic nitrogens is 4. The highest BCUT2D eigenvalue weighted by Crippen LogP contribution is 2.46. The Labute approximate surface area is 411 Å². The van der Waals surface area contributed by atoms with E-state index in [1.165, 1.54) is 65.9 Å². The van der Waals surface area contributed by atoms with E-state index in [2.05, 4.69) is 251 Å². The van der Waals surface area contributed by atoms with Gasteiger partial charge in [-0.15, -0.1) is 0 Å². The first-order valence-electron chi connectivity index (χ1n) is 25.0. The van der Waals surface area contributed by atoms with Gasteiger partial charge in [0.1, 0.15) is 0 Å². The lowest BCUT2D eigenvalue weighted by Crippen LogP contribution is -2.10. The van der Waals surface area contributed by atoms with Crippen molar-refractivity contribution in [3.8, 4) is 45.3 Å². The summed E-state index contributed by atoms with van der Waals surface area (Å²) in [6, 6.07) is 58.4. The Kier molecular flexibility index (Phi) is 10.6. The number of para-hydroxylation sites is 2. The van der Waals surface area contributed by atoms with E-state index >= 15 is 0 Å². The summed E-state index contributed by atoms with van der Waals surface area (Å²) >= 11 is 0. The third-order valence-electron chi connectivity index (χ3n) is 14.6. The lowest BCUT2D eigenvalue weighted by molar-refractivity contribution is 0.591. The molecule has 7 aromatic carbocycles. The van der Waals surface area contributed by atoms with Crippen LogP contribution in [0.1, 0.15) is 89.0 Å². The van der Waals surface area contributed by atoms with Gasteiger partial charge in [0.2, 0.25) is 0 Å². The number of benzene rings is 7. The smallest absolute Gasteiger partial charge is 0.160 e. The molecule has 2 aliphatic carbocycles. The molecule has 0 amide bonds. The van der Waals surface area contributed by atoms with Gasteiger partial charge in [0.05, 0.1) is 44.8 Å². The molecule has 12 rings (SSSR count). The zero-order valence-corrected chi connectivity index (χ0v) is 41.0. The van der Waals surface area contributed by atoms with Crippen LogP contribution in [0.25, 0.3) is 94.5 Å². The second kappa shape index (κ2) is 17.0. The van der Waals surface area contributed by atoms with Crippen molar-refractivity contribution in [2.24, 2.45) is 0 Å². The molecular formula is C66H58N4. The van der Waals surface area contributed by atoms with Crippen LogP contribution >= 0.6 is 0 Å². The van der Waals surface area contributed by atoms with Crippen molar-refractivity contribution in [2.75, 3.05) is 0 Å². The molecule has 0 aliphatic heterocycles. The number of nitrogens with zero attached hydrogens (tertiary/aromatic N) is 4. The third-order valence-corrected chi connectivity index (χ3v) is 14.6. The minimum Gasteiger partial charge on any atom is -0.309 e. The van der Waals surface area contributed by atoms with Crippen LogP contribution in [0.15, 0.2) is 200 Å². The molecule has 3 heterocycles. The minimum absolute atomic E-state index is 0.000896. The van der Waals surface area contributed by atoms with Gasteiger partial charge >= 0.3 is 0 Å². The van der Waals surface area contributed by atoms with Gasteiger partial charge in [0.15, 0.2) is 5.82 Å². The Bertz CT molecular complexity index is 3820. The maximum atomic E-state index is 5.70. The third kappa shape index (κ3) is 7.45. The van der Waals surface area contributed by atoms with Gasteiger partial charge in [0, 0.05) is 44.2 Å². The lowest BCUT2D eigenvalue weighted by Gasteiger charge is -2.24. The van der Waals surface area contributed by atoms with E-state index in [9.17, 15) is 0 Å². The summed E-state index contributed by atoms with van der Waals surface area (Å²) < 4.78 is 4.97. The summed E-state index contributed by atoms with van der Waals surface area (Å²) in [7, 11) is 0. The van der Waals surface area contributed by atoms with Crippen molar-refractivity contribution in [3.05, 3.63) is 223 Å². The molecule has 70 heavy (non-hydrogen) atoms. The topological polar surface area (TPSA) is 35.6 Å². The van der Waals surface area contributed by atoms with Gasteiger partial charge in [-0.05, 0) is 113 Å². The van der Waals surface area contributed by atoms with Gasteiger partial charge in [0.25, 0.3) is 0 Å². The molecule has 0 spiro atoms. The van der Waals surface area contributed by atoms with Crippen molar-refractivity contribution in [3.63, 3.8) is 0 Å². The van der Waals surface area contributed by atoms with Crippen LogP contribution < -0.4 is 0 Å². The molecule has 10 aromatic rings. The molecule has 0 radical (unpaired) electrons. The van der Waals surface area contributed by atoms with Crippen molar-refractivity contribution in [2.45, 2.75) is 77.6 Å². The predicted octanol–water partition coefficient (Wildman–Crippen LogP) is 17.6. The van der Waals surface area contributed by atoms with E-state index in [0.29, 0.717) is 5.82 Å². The van der Waals surface area contributed by atoms with Crippen LogP contribution in [0.4, 0.5) is 0 Å². The largest absolute Gasteiger partial charge is 0.309 e. The maximum Gasteiger partial charge on any atom is 0.160 e. The first-order chi connectivity index (χ1) is 34.0. The zero-order valence-electron chi connectivity index (χ0n) is 41.0. The number of allylic oxidation sites excluding steroid dienone is 8. The van der Waals surface area contributed by atoms with Gasteiger partial charge in [-0.25, -0.2) is 9.97 Å². The van der Waals surface area contributed by atoms with Crippen molar-refractivity contribution < 1.29 is 0 Å². The quantitative estimate of drug-likeness (QED) is 0.160. The van der Waals surface area contributed by atoms with E-state index < -0.39 is 0 Å². The SMILES string of the molecule is CC(C)(C)c1ccc2c(c1)c1ccccc1n2-c1cccc(C2=CCCC=C2)c1-c1cc(-c2c(C3C=CC=CC3)cccc2-n2c3ccccc3c3cc(C(C)(C)C)ccc32)nc(-c2ccccc2)n1.